The quantitative estimate of drug-likeness (QED) is 0.595. The SMILES string of the molecule is COc1cc2nc(NC(=O)C3CCCCN3S(=O)(=O)c3cccs3)sc2cc1OC. The van der Waals surface area contributed by atoms with E-state index in [0.29, 0.717) is 35.1 Å². The third-order valence-corrected chi connectivity index (χ3v) is 9.15. The zero-order valence-corrected chi connectivity index (χ0v) is 18.9. The van der Waals surface area contributed by atoms with Gasteiger partial charge in [0, 0.05) is 18.7 Å². The summed E-state index contributed by atoms with van der Waals surface area (Å²) in [6.07, 6.45) is 2.00. The first-order valence-corrected chi connectivity index (χ1v) is 12.5. The molecule has 1 aliphatic rings. The molecule has 1 fully saturated rings. The molecule has 1 aromatic carbocycles. The van der Waals surface area contributed by atoms with Crippen molar-refractivity contribution in [3.8, 4) is 11.5 Å². The average Bonchev–Trinajstić information content (AvgIpc) is 3.42. The van der Waals surface area contributed by atoms with Crippen LogP contribution in [0.15, 0.2) is 33.9 Å². The van der Waals surface area contributed by atoms with E-state index < -0.39 is 16.1 Å². The van der Waals surface area contributed by atoms with Gasteiger partial charge in [-0.15, -0.1) is 11.3 Å². The lowest BCUT2D eigenvalue weighted by Gasteiger charge is -2.32. The largest absolute Gasteiger partial charge is 0.493 e. The van der Waals surface area contributed by atoms with E-state index in [2.05, 4.69) is 10.3 Å². The van der Waals surface area contributed by atoms with Crippen LogP contribution in [0.4, 0.5) is 5.13 Å². The van der Waals surface area contributed by atoms with Crippen LogP contribution in [-0.4, -0.2) is 50.4 Å². The fourth-order valence-electron chi connectivity index (χ4n) is 3.48. The number of methoxy groups -OCH3 is 2. The number of piperidine rings is 1. The molecule has 1 atom stereocenters. The van der Waals surface area contributed by atoms with Gasteiger partial charge in [0.15, 0.2) is 16.6 Å². The highest BCUT2D eigenvalue weighted by Gasteiger charge is 2.38. The Bertz CT molecular complexity index is 1120. The van der Waals surface area contributed by atoms with Crippen LogP contribution in [0.2, 0.25) is 0 Å². The summed E-state index contributed by atoms with van der Waals surface area (Å²) in [5.41, 5.74) is 0.666. The van der Waals surface area contributed by atoms with Crippen LogP contribution in [0.1, 0.15) is 19.3 Å². The molecule has 11 heteroatoms. The van der Waals surface area contributed by atoms with Gasteiger partial charge >= 0.3 is 0 Å². The van der Waals surface area contributed by atoms with E-state index in [1.54, 1.807) is 43.9 Å². The Morgan fingerprint density at radius 1 is 1.23 bits per heavy atom. The summed E-state index contributed by atoms with van der Waals surface area (Å²) in [4.78, 5) is 17.5. The van der Waals surface area contributed by atoms with Crippen LogP contribution in [0.5, 0.6) is 11.5 Å². The number of anilines is 1. The molecule has 0 saturated carbocycles. The maximum Gasteiger partial charge on any atom is 0.253 e. The molecule has 1 N–H and O–H groups in total. The molecule has 4 rings (SSSR count). The molecule has 1 saturated heterocycles. The van der Waals surface area contributed by atoms with Crippen LogP contribution in [0.25, 0.3) is 10.2 Å². The highest BCUT2D eigenvalue weighted by molar-refractivity contribution is 7.91. The number of aromatic nitrogens is 1. The minimum atomic E-state index is -3.71. The summed E-state index contributed by atoms with van der Waals surface area (Å²) >= 11 is 2.46. The standard InChI is InChI=1S/C19H21N3O5S3/c1-26-14-10-12-16(11-15(14)27-2)29-19(20-12)21-18(23)13-6-3-4-8-22(13)30(24,25)17-7-5-9-28-17/h5,7,9-11,13H,3-4,6,8H2,1-2H3,(H,20,21,23). The van der Waals surface area contributed by atoms with Crippen molar-refractivity contribution in [2.24, 2.45) is 0 Å². The number of fused-ring (bicyclic) bond motifs is 1. The second-order valence-electron chi connectivity index (χ2n) is 6.74. The topological polar surface area (TPSA) is 97.8 Å². The van der Waals surface area contributed by atoms with E-state index in [0.717, 1.165) is 28.9 Å². The smallest absolute Gasteiger partial charge is 0.253 e. The maximum atomic E-state index is 13.0. The van der Waals surface area contributed by atoms with Crippen molar-refractivity contribution in [1.29, 1.82) is 0 Å². The summed E-state index contributed by atoms with van der Waals surface area (Å²) in [5, 5.41) is 4.93. The van der Waals surface area contributed by atoms with E-state index in [4.69, 9.17) is 9.47 Å². The molecule has 0 spiro atoms. The Balaban J connectivity index is 1.59. The van der Waals surface area contributed by atoms with E-state index in [-0.39, 0.29) is 10.1 Å². The van der Waals surface area contributed by atoms with E-state index in [1.165, 1.54) is 15.6 Å². The number of rotatable bonds is 6. The van der Waals surface area contributed by atoms with Gasteiger partial charge in [-0.1, -0.05) is 23.8 Å². The molecular formula is C19H21N3O5S3. The number of carbonyl (C=O) groups excluding carboxylic acids is 1. The predicted octanol–water partition coefficient (Wildman–Crippen LogP) is 3.56. The molecule has 0 radical (unpaired) electrons. The van der Waals surface area contributed by atoms with Crippen molar-refractivity contribution >= 4 is 54.0 Å². The Hall–Kier alpha value is -2.21. The van der Waals surface area contributed by atoms with Gasteiger partial charge in [-0.2, -0.15) is 4.31 Å². The summed E-state index contributed by atoms with van der Waals surface area (Å²) in [7, 11) is -0.606. The number of amides is 1. The number of thiazole rings is 1. The number of nitrogens with one attached hydrogen (secondary N) is 1. The summed E-state index contributed by atoms with van der Waals surface area (Å²) < 4.78 is 39.0. The van der Waals surface area contributed by atoms with Crippen LogP contribution in [0, 0.1) is 0 Å². The Labute approximate surface area is 182 Å². The molecular weight excluding hydrogens is 446 g/mol. The van der Waals surface area contributed by atoms with Gasteiger partial charge in [-0.25, -0.2) is 13.4 Å². The van der Waals surface area contributed by atoms with Crippen LogP contribution in [-0.2, 0) is 14.8 Å². The molecule has 1 amide bonds. The Morgan fingerprint density at radius 2 is 2.00 bits per heavy atom. The maximum absolute atomic E-state index is 13.0. The normalized spacial score (nSPS) is 17.7. The van der Waals surface area contributed by atoms with Crippen LogP contribution in [0.3, 0.4) is 0 Å². The molecule has 1 aliphatic heterocycles. The molecule has 30 heavy (non-hydrogen) atoms. The average molecular weight is 468 g/mol. The first kappa shape index (κ1) is 21.0. The molecule has 0 aliphatic carbocycles. The minimum absolute atomic E-state index is 0.251. The van der Waals surface area contributed by atoms with Crippen molar-refractivity contribution < 1.29 is 22.7 Å². The second-order valence-corrected chi connectivity index (χ2v) is 10.8. The zero-order chi connectivity index (χ0) is 21.3. The molecule has 3 heterocycles. The number of hydrogen-bond acceptors (Lipinski definition) is 8. The predicted molar refractivity (Wildman–Crippen MR) is 117 cm³/mol. The van der Waals surface area contributed by atoms with Crippen LogP contribution < -0.4 is 14.8 Å². The van der Waals surface area contributed by atoms with Gasteiger partial charge in [-0.3, -0.25) is 4.79 Å². The Kier molecular flexibility index (Phi) is 5.96. The summed E-state index contributed by atoms with van der Waals surface area (Å²) in [6, 6.07) is 6.05. The lowest BCUT2D eigenvalue weighted by Crippen LogP contribution is -2.49. The van der Waals surface area contributed by atoms with Gasteiger partial charge < -0.3 is 14.8 Å². The van der Waals surface area contributed by atoms with Crippen molar-refractivity contribution in [2.45, 2.75) is 29.5 Å². The number of hydrogen-bond donors (Lipinski definition) is 1. The van der Waals surface area contributed by atoms with E-state index in [9.17, 15) is 13.2 Å². The van der Waals surface area contributed by atoms with E-state index >= 15 is 0 Å². The van der Waals surface area contributed by atoms with Crippen molar-refractivity contribution in [1.82, 2.24) is 9.29 Å². The van der Waals surface area contributed by atoms with Gasteiger partial charge in [0.05, 0.1) is 24.4 Å². The lowest BCUT2D eigenvalue weighted by atomic mass is 10.0. The number of sulfonamides is 1. The first-order chi connectivity index (χ1) is 14.4. The van der Waals surface area contributed by atoms with Crippen LogP contribution >= 0.6 is 22.7 Å². The molecule has 160 valence electrons. The van der Waals surface area contributed by atoms with E-state index in [1.807, 2.05) is 0 Å². The summed E-state index contributed by atoms with van der Waals surface area (Å²) in [6.45, 7) is 0.326. The second kappa shape index (κ2) is 8.50. The monoisotopic (exact) mass is 467 g/mol. The molecule has 1 unspecified atom stereocenters. The van der Waals surface area contributed by atoms with Gasteiger partial charge in [0.1, 0.15) is 10.3 Å². The number of carbonyl (C=O) groups is 1. The molecule has 3 aromatic rings. The highest BCUT2D eigenvalue weighted by atomic mass is 32.2. The highest BCUT2D eigenvalue weighted by Crippen LogP contribution is 2.36. The van der Waals surface area contributed by atoms with Crippen molar-refractivity contribution in [3.63, 3.8) is 0 Å². The molecule has 0 bridgehead atoms. The van der Waals surface area contributed by atoms with Crippen molar-refractivity contribution in [3.05, 3.63) is 29.6 Å². The number of ether oxygens (including phenoxy) is 2. The number of nitrogens with zero attached hydrogens (tertiary/aromatic N) is 2. The number of thiophene rings is 1. The third-order valence-electron chi connectivity index (χ3n) is 4.94. The van der Waals surface area contributed by atoms with Gasteiger partial charge in [-0.05, 0) is 24.3 Å². The molecule has 2 aromatic heterocycles. The Morgan fingerprint density at radius 3 is 2.70 bits per heavy atom. The third kappa shape index (κ3) is 3.89. The summed E-state index contributed by atoms with van der Waals surface area (Å²) in [5.74, 6) is 0.758. The first-order valence-electron chi connectivity index (χ1n) is 9.33. The fraction of sp³-hybridized carbons (Fsp3) is 0.368. The number of benzene rings is 1. The van der Waals surface area contributed by atoms with Crippen molar-refractivity contribution in [2.75, 3.05) is 26.1 Å². The fourth-order valence-corrected chi connectivity index (χ4v) is 7.13. The lowest BCUT2D eigenvalue weighted by molar-refractivity contribution is -0.120. The van der Waals surface area contributed by atoms with Gasteiger partial charge in [0.2, 0.25) is 5.91 Å². The zero-order valence-electron chi connectivity index (χ0n) is 16.5. The molecule has 8 nitrogen and oxygen atoms in total. The minimum Gasteiger partial charge on any atom is -0.493 e. The van der Waals surface area contributed by atoms with Gasteiger partial charge in [0.25, 0.3) is 10.0 Å².